The van der Waals surface area contributed by atoms with Crippen molar-refractivity contribution in [2.24, 2.45) is 0 Å². The van der Waals surface area contributed by atoms with Gasteiger partial charge >= 0.3 is 0 Å². The number of fused-ring (bicyclic) bond motifs is 5. The molecule has 7 aromatic carbocycles. The monoisotopic (exact) mass is 611 g/mol. The Morgan fingerprint density at radius 3 is 1.77 bits per heavy atom. The zero-order valence-corrected chi connectivity index (χ0v) is 25.7. The van der Waals surface area contributed by atoms with Gasteiger partial charge in [-0.25, -0.2) is 15.0 Å². The van der Waals surface area contributed by atoms with Crippen molar-refractivity contribution in [3.05, 3.63) is 157 Å². The maximum Gasteiger partial charge on any atom is 0.164 e. The van der Waals surface area contributed by atoms with Gasteiger partial charge in [-0.1, -0.05) is 91.0 Å². The van der Waals surface area contributed by atoms with E-state index in [0.717, 1.165) is 65.7 Å². The van der Waals surface area contributed by atoms with Gasteiger partial charge in [0, 0.05) is 28.3 Å². The van der Waals surface area contributed by atoms with Crippen LogP contribution in [-0.4, -0.2) is 19.9 Å². The van der Waals surface area contributed by atoms with Crippen LogP contribution >= 0.6 is 0 Å². The zero-order valence-electron chi connectivity index (χ0n) is 25.7. The minimum Gasteiger partial charge on any atom is -0.256 e. The minimum absolute atomic E-state index is 0.548. The van der Waals surface area contributed by atoms with Crippen LogP contribution in [-0.2, 0) is 0 Å². The first-order chi connectivity index (χ1) is 23.7. The Kier molecular flexibility index (Phi) is 6.45. The summed E-state index contributed by atoms with van der Waals surface area (Å²) in [5, 5.41) is 17.2. The van der Waals surface area contributed by atoms with Gasteiger partial charge in [0.1, 0.15) is 0 Å². The summed E-state index contributed by atoms with van der Waals surface area (Å²) in [6.45, 7) is 0. The molecule has 0 atom stereocenters. The van der Waals surface area contributed by atoms with E-state index in [1.54, 1.807) is 12.1 Å². The van der Waals surface area contributed by atoms with Crippen molar-refractivity contribution in [1.29, 1.82) is 5.26 Å². The largest absolute Gasteiger partial charge is 0.256 e. The van der Waals surface area contributed by atoms with E-state index >= 15 is 0 Å². The fraction of sp³-hybridized carbons (Fsp3) is 0. The summed E-state index contributed by atoms with van der Waals surface area (Å²) in [6, 6.07) is 51.7. The lowest BCUT2D eigenvalue weighted by Gasteiger charge is -2.14. The second-order valence-corrected chi connectivity index (χ2v) is 11.8. The molecule has 2 heterocycles. The van der Waals surface area contributed by atoms with E-state index in [1.165, 1.54) is 5.39 Å². The molecule has 0 amide bonds. The van der Waals surface area contributed by atoms with Crippen LogP contribution in [0.2, 0.25) is 0 Å². The number of nitrogens with zero attached hydrogens (tertiary/aromatic N) is 5. The highest BCUT2D eigenvalue weighted by molar-refractivity contribution is 6.13. The van der Waals surface area contributed by atoms with Crippen LogP contribution in [0.5, 0.6) is 0 Å². The summed E-state index contributed by atoms with van der Waals surface area (Å²) in [5.41, 5.74) is 6.47. The fourth-order valence-corrected chi connectivity index (χ4v) is 6.67. The van der Waals surface area contributed by atoms with Crippen LogP contribution in [0, 0.1) is 11.3 Å². The van der Waals surface area contributed by atoms with Gasteiger partial charge < -0.3 is 0 Å². The molecule has 0 fully saturated rings. The number of hydrogen-bond acceptors (Lipinski definition) is 5. The summed E-state index contributed by atoms with van der Waals surface area (Å²) in [4.78, 5) is 19.9. The van der Waals surface area contributed by atoms with Crippen LogP contribution < -0.4 is 0 Å². The lowest BCUT2D eigenvalue weighted by atomic mass is 9.94. The molecule has 0 N–H and O–H groups in total. The summed E-state index contributed by atoms with van der Waals surface area (Å²) in [6.07, 6.45) is 1.82. The molecule has 0 spiro atoms. The molecule has 0 aliphatic heterocycles. The maximum atomic E-state index is 9.43. The van der Waals surface area contributed by atoms with E-state index in [9.17, 15) is 5.26 Å². The number of benzene rings is 7. The minimum atomic E-state index is 0.548. The lowest BCUT2D eigenvalue weighted by molar-refractivity contribution is 1.08. The zero-order chi connectivity index (χ0) is 32.0. The number of nitriles is 1. The average Bonchev–Trinajstić information content (AvgIpc) is 3.17. The normalized spacial score (nSPS) is 11.3. The van der Waals surface area contributed by atoms with Gasteiger partial charge in [-0.15, -0.1) is 0 Å². The predicted octanol–water partition coefficient (Wildman–Crippen LogP) is 10.4. The first kappa shape index (κ1) is 27.5. The van der Waals surface area contributed by atoms with E-state index in [2.05, 4.69) is 126 Å². The highest BCUT2D eigenvalue weighted by Gasteiger charge is 2.18. The third kappa shape index (κ3) is 4.63. The molecular weight excluding hydrogens is 587 g/mol. The number of aromatic nitrogens is 4. The van der Waals surface area contributed by atoms with Crippen LogP contribution in [0.4, 0.5) is 0 Å². The van der Waals surface area contributed by atoms with Crippen molar-refractivity contribution in [2.75, 3.05) is 0 Å². The molecule has 0 aliphatic carbocycles. The van der Waals surface area contributed by atoms with Crippen molar-refractivity contribution >= 4 is 43.2 Å². The van der Waals surface area contributed by atoms with Crippen molar-refractivity contribution < 1.29 is 0 Å². The summed E-state index contributed by atoms with van der Waals surface area (Å²) in [5.74, 6) is 1.73. The van der Waals surface area contributed by atoms with Gasteiger partial charge in [0.05, 0.1) is 17.1 Å². The molecule has 2 aromatic heterocycles. The predicted molar refractivity (Wildman–Crippen MR) is 194 cm³/mol. The molecule has 222 valence electrons. The Labute approximate surface area is 276 Å². The van der Waals surface area contributed by atoms with E-state index in [0.29, 0.717) is 23.0 Å². The van der Waals surface area contributed by atoms with Crippen LogP contribution in [0.25, 0.3) is 88.5 Å². The van der Waals surface area contributed by atoms with Crippen molar-refractivity contribution in [2.45, 2.75) is 0 Å². The standard InChI is InChI=1S/C43H25N5/c44-26-27-15-17-28(18-16-27)41-46-42(48-43(47-41)39-25-29-8-1-2-10-32(29)34-11-4-6-14-37(34)39)38-21-20-33(35-12-3-5-13-36(35)38)30-19-22-40-31(24-30)9-7-23-45-40/h1-25H. The second-order valence-electron chi connectivity index (χ2n) is 11.8. The summed E-state index contributed by atoms with van der Waals surface area (Å²) >= 11 is 0. The first-order valence-electron chi connectivity index (χ1n) is 15.8. The Hall–Kier alpha value is -6.77. The Morgan fingerprint density at radius 1 is 0.417 bits per heavy atom. The van der Waals surface area contributed by atoms with Crippen molar-refractivity contribution in [3.63, 3.8) is 0 Å². The molecule has 9 aromatic rings. The molecule has 0 unspecified atom stereocenters. The highest BCUT2D eigenvalue weighted by Crippen LogP contribution is 2.38. The molecule has 0 radical (unpaired) electrons. The van der Waals surface area contributed by atoms with E-state index in [1.807, 2.05) is 24.4 Å². The molecule has 48 heavy (non-hydrogen) atoms. The third-order valence-corrected chi connectivity index (χ3v) is 9.00. The van der Waals surface area contributed by atoms with E-state index in [4.69, 9.17) is 15.0 Å². The number of rotatable bonds is 4. The van der Waals surface area contributed by atoms with Crippen molar-refractivity contribution in [1.82, 2.24) is 19.9 Å². The van der Waals surface area contributed by atoms with E-state index in [-0.39, 0.29) is 0 Å². The topological polar surface area (TPSA) is 75.3 Å². The molecule has 0 aliphatic rings. The van der Waals surface area contributed by atoms with Gasteiger partial charge in [0.15, 0.2) is 17.5 Å². The highest BCUT2D eigenvalue weighted by atomic mass is 15.0. The molecule has 0 bridgehead atoms. The van der Waals surface area contributed by atoms with Crippen LogP contribution in [0.1, 0.15) is 5.56 Å². The fourth-order valence-electron chi connectivity index (χ4n) is 6.67. The smallest absolute Gasteiger partial charge is 0.164 e. The lowest BCUT2D eigenvalue weighted by Crippen LogP contribution is -2.01. The number of hydrogen-bond donors (Lipinski definition) is 0. The molecule has 0 saturated carbocycles. The summed E-state index contributed by atoms with van der Waals surface area (Å²) in [7, 11) is 0. The van der Waals surface area contributed by atoms with Gasteiger partial charge in [0.25, 0.3) is 0 Å². The summed E-state index contributed by atoms with van der Waals surface area (Å²) < 4.78 is 0. The van der Waals surface area contributed by atoms with Crippen molar-refractivity contribution in [3.8, 4) is 51.4 Å². The maximum absolute atomic E-state index is 9.43. The average molecular weight is 612 g/mol. The van der Waals surface area contributed by atoms with Crippen LogP contribution in [0.3, 0.4) is 0 Å². The Balaban J connectivity index is 1.29. The van der Waals surface area contributed by atoms with Gasteiger partial charge in [-0.2, -0.15) is 5.26 Å². The number of pyridine rings is 1. The SMILES string of the molecule is N#Cc1ccc(-c2nc(-c3ccc(-c4ccc5ncccc5c4)c4ccccc34)nc(-c3cc4ccccc4c4ccccc34)n2)cc1. The molecule has 5 heteroatoms. The second kappa shape index (κ2) is 11.2. The van der Waals surface area contributed by atoms with E-state index < -0.39 is 0 Å². The molecular formula is C43H25N5. The van der Waals surface area contributed by atoms with Gasteiger partial charge in [-0.05, 0) is 98.0 Å². The quantitative estimate of drug-likeness (QED) is 0.185. The molecule has 9 rings (SSSR count). The third-order valence-electron chi connectivity index (χ3n) is 9.00. The van der Waals surface area contributed by atoms with Gasteiger partial charge in [0.2, 0.25) is 0 Å². The Bertz CT molecular complexity index is 2740. The Morgan fingerprint density at radius 2 is 1.00 bits per heavy atom. The first-order valence-corrected chi connectivity index (χ1v) is 15.8. The molecule has 5 nitrogen and oxygen atoms in total. The molecule has 0 saturated heterocycles. The van der Waals surface area contributed by atoms with Gasteiger partial charge in [-0.3, -0.25) is 4.98 Å². The van der Waals surface area contributed by atoms with Crippen LogP contribution in [0.15, 0.2) is 152 Å².